The molecular weight excluding hydrogens is 204 g/mol. The second-order valence-electron chi connectivity index (χ2n) is 3.38. The molecule has 1 unspecified atom stereocenters. The predicted octanol–water partition coefficient (Wildman–Crippen LogP) is 1.57. The Balaban J connectivity index is 3.27. The fourth-order valence-electron chi connectivity index (χ4n) is 1.31. The zero-order valence-electron chi connectivity index (χ0n) is 8.55. The third-order valence-electron chi connectivity index (χ3n) is 2.00. The van der Waals surface area contributed by atoms with Crippen molar-refractivity contribution >= 4 is 0 Å². The molecule has 0 aliphatic heterocycles. The maximum atomic E-state index is 13.3. The monoisotopic (exact) mass is 217 g/mol. The SMILES string of the molecule is COc1cc(F)c(F)c(CC(C)N)c1O. The number of phenols is 1. The van der Waals surface area contributed by atoms with Crippen LogP contribution in [0.25, 0.3) is 0 Å². The lowest BCUT2D eigenvalue weighted by Crippen LogP contribution is -2.19. The molecule has 0 aliphatic carbocycles. The Hall–Kier alpha value is -1.36. The lowest BCUT2D eigenvalue weighted by molar-refractivity contribution is 0.358. The van der Waals surface area contributed by atoms with E-state index in [1.54, 1.807) is 6.92 Å². The van der Waals surface area contributed by atoms with Gasteiger partial charge in [0, 0.05) is 17.7 Å². The highest BCUT2D eigenvalue weighted by molar-refractivity contribution is 5.47. The first-order valence-corrected chi connectivity index (χ1v) is 4.46. The molecule has 0 fully saturated rings. The van der Waals surface area contributed by atoms with E-state index in [1.165, 1.54) is 7.11 Å². The summed E-state index contributed by atoms with van der Waals surface area (Å²) in [5.74, 6) is -2.62. The molecule has 3 N–H and O–H groups in total. The van der Waals surface area contributed by atoms with E-state index in [1.807, 2.05) is 0 Å². The molecule has 0 aliphatic rings. The highest BCUT2D eigenvalue weighted by atomic mass is 19.2. The number of rotatable bonds is 3. The van der Waals surface area contributed by atoms with Crippen molar-refractivity contribution in [2.24, 2.45) is 5.73 Å². The van der Waals surface area contributed by atoms with Crippen LogP contribution in [0.2, 0.25) is 0 Å². The number of ether oxygens (including phenoxy) is 1. The van der Waals surface area contributed by atoms with E-state index in [4.69, 9.17) is 10.5 Å². The van der Waals surface area contributed by atoms with Gasteiger partial charge in [0.15, 0.2) is 23.1 Å². The second kappa shape index (κ2) is 4.44. The van der Waals surface area contributed by atoms with Crippen LogP contribution in [0.5, 0.6) is 11.5 Å². The summed E-state index contributed by atoms with van der Waals surface area (Å²) >= 11 is 0. The Morgan fingerprint density at radius 2 is 2.13 bits per heavy atom. The predicted molar refractivity (Wildman–Crippen MR) is 51.9 cm³/mol. The number of phenolic OH excluding ortho intramolecular Hbond substituents is 1. The van der Waals surface area contributed by atoms with Crippen molar-refractivity contribution in [1.82, 2.24) is 0 Å². The van der Waals surface area contributed by atoms with Gasteiger partial charge >= 0.3 is 0 Å². The highest BCUT2D eigenvalue weighted by Crippen LogP contribution is 2.34. The first kappa shape index (κ1) is 11.7. The third-order valence-corrected chi connectivity index (χ3v) is 2.00. The van der Waals surface area contributed by atoms with Gasteiger partial charge in [-0.3, -0.25) is 0 Å². The Morgan fingerprint density at radius 1 is 1.53 bits per heavy atom. The van der Waals surface area contributed by atoms with Gasteiger partial charge in [-0.25, -0.2) is 8.78 Å². The van der Waals surface area contributed by atoms with Gasteiger partial charge < -0.3 is 15.6 Å². The van der Waals surface area contributed by atoms with Gasteiger partial charge in [0.25, 0.3) is 0 Å². The molecule has 1 aromatic carbocycles. The number of methoxy groups -OCH3 is 1. The van der Waals surface area contributed by atoms with E-state index < -0.39 is 17.4 Å². The molecule has 0 saturated heterocycles. The first-order chi connectivity index (χ1) is 6.97. The number of halogens is 2. The third kappa shape index (κ3) is 2.36. The van der Waals surface area contributed by atoms with Gasteiger partial charge in [-0.05, 0) is 13.3 Å². The lowest BCUT2D eigenvalue weighted by Gasteiger charge is -2.12. The van der Waals surface area contributed by atoms with Crippen molar-refractivity contribution in [2.45, 2.75) is 19.4 Å². The summed E-state index contributed by atoms with van der Waals surface area (Å²) in [6, 6.07) is 0.423. The zero-order chi connectivity index (χ0) is 11.6. The first-order valence-electron chi connectivity index (χ1n) is 4.46. The average molecular weight is 217 g/mol. The van der Waals surface area contributed by atoms with E-state index in [9.17, 15) is 13.9 Å². The highest BCUT2D eigenvalue weighted by Gasteiger charge is 2.19. The van der Waals surface area contributed by atoms with Crippen LogP contribution in [0.15, 0.2) is 6.07 Å². The smallest absolute Gasteiger partial charge is 0.166 e. The van der Waals surface area contributed by atoms with Gasteiger partial charge in [0.05, 0.1) is 7.11 Å². The van der Waals surface area contributed by atoms with E-state index >= 15 is 0 Å². The number of benzene rings is 1. The van der Waals surface area contributed by atoms with Crippen LogP contribution >= 0.6 is 0 Å². The van der Waals surface area contributed by atoms with Crippen LogP contribution in [0.1, 0.15) is 12.5 Å². The molecule has 84 valence electrons. The molecule has 1 rings (SSSR count). The van der Waals surface area contributed by atoms with Crippen molar-refractivity contribution in [2.75, 3.05) is 7.11 Å². The molecule has 15 heavy (non-hydrogen) atoms. The molecule has 0 saturated carbocycles. The van der Waals surface area contributed by atoms with Crippen molar-refractivity contribution in [3.8, 4) is 11.5 Å². The summed E-state index contributed by atoms with van der Waals surface area (Å²) < 4.78 is 31.0. The second-order valence-corrected chi connectivity index (χ2v) is 3.38. The zero-order valence-corrected chi connectivity index (χ0v) is 8.55. The largest absolute Gasteiger partial charge is 0.504 e. The van der Waals surface area contributed by atoms with Crippen LogP contribution in [0.4, 0.5) is 8.78 Å². The molecule has 0 spiro atoms. The molecule has 1 atom stereocenters. The van der Waals surface area contributed by atoms with Crippen molar-refractivity contribution in [3.63, 3.8) is 0 Å². The average Bonchev–Trinajstić information content (AvgIpc) is 2.18. The molecule has 0 aromatic heterocycles. The molecule has 0 heterocycles. The van der Waals surface area contributed by atoms with E-state index in [0.29, 0.717) is 0 Å². The number of aromatic hydroxyl groups is 1. The molecular formula is C10H13F2NO2. The van der Waals surface area contributed by atoms with Crippen molar-refractivity contribution in [1.29, 1.82) is 0 Å². The summed E-state index contributed by atoms with van der Waals surface area (Å²) in [4.78, 5) is 0. The molecule has 1 aromatic rings. The number of hydrogen-bond donors (Lipinski definition) is 2. The summed E-state index contributed by atoms with van der Waals surface area (Å²) in [5, 5.41) is 9.56. The van der Waals surface area contributed by atoms with Gasteiger partial charge in [0.1, 0.15) is 0 Å². The standard InChI is InChI=1S/C10H13F2NO2/c1-5(13)3-6-9(12)7(11)4-8(15-2)10(6)14/h4-5,14H,3,13H2,1-2H3. The number of nitrogens with two attached hydrogens (primary N) is 1. The quantitative estimate of drug-likeness (QED) is 0.808. The molecule has 3 nitrogen and oxygen atoms in total. The Kier molecular flexibility index (Phi) is 3.47. The van der Waals surface area contributed by atoms with Crippen LogP contribution < -0.4 is 10.5 Å². The Labute approximate surface area is 86.5 Å². The van der Waals surface area contributed by atoms with Crippen LogP contribution in [0, 0.1) is 11.6 Å². The van der Waals surface area contributed by atoms with Crippen LogP contribution in [-0.4, -0.2) is 18.3 Å². The number of hydrogen-bond acceptors (Lipinski definition) is 3. The van der Waals surface area contributed by atoms with Gasteiger partial charge in [0.2, 0.25) is 0 Å². The van der Waals surface area contributed by atoms with Gasteiger partial charge in [-0.15, -0.1) is 0 Å². The molecule has 0 radical (unpaired) electrons. The maximum absolute atomic E-state index is 13.3. The molecule has 0 bridgehead atoms. The Morgan fingerprint density at radius 3 is 2.60 bits per heavy atom. The van der Waals surface area contributed by atoms with Gasteiger partial charge in [-0.1, -0.05) is 0 Å². The van der Waals surface area contributed by atoms with Gasteiger partial charge in [-0.2, -0.15) is 0 Å². The fraction of sp³-hybridized carbons (Fsp3) is 0.400. The minimum absolute atomic E-state index is 0.0474. The minimum Gasteiger partial charge on any atom is -0.504 e. The Bertz CT molecular complexity index is 367. The summed E-state index contributed by atoms with van der Waals surface area (Å²) in [6.45, 7) is 1.64. The van der Waals surface area contributed by atoms with E-state index in [2.05, 4.69) is 0 Å². The lowest BCUT2D eigenvalue weighted by atomic mass is 10.0. The van der Waals surface area contributed by atoms with Crippen LogP contribution in [0.3, 0.4) is 0 Å². The van der Waals surface area contributed by atoms with E-state index in [-0.39, 0.29) is 23.8 Å². The van der Waals surface area contributed by atoms with Crippen molar-refractivity contribution in [3.05, 3.63) is 23.3 Å². The fourth-order valence-corrected chi connectivity index (χ4v) is 1.31. The summed E-state index contributed by atoms with van der Waals surface area (Å²) in [6.07, 6.45) is 0.0474. The minimum atomic E-state index is -1.08. The topological polar surface area (TPSA) is 55.5 Å². The molecule has 5 heteroatoms. The normalized spacial score (nSPS) is 12.6. The maximum Gasteiger partial charge on any atom is 0.166 e. The van der Waals surface area contributed by atoms with Crippen molar-refractivity contribution < 1.29 is 18.6 Å². The molecule has 0 amide bonds. The summed E-state index contributed by atoms with van der Waals surface area (Å²) in [7, 11) is 1.27. The van der Waals surface area contributed by atoms with E-state index in [0.717, 1.165) is 6.07 Å². The van der Waals surface area contributed by atoms with Crippen LogP contribution in [-0.2, 0) is 6.42 Å². The summed E-state index contributed by atoms with van der Waals surface area (Å²) in [5.41, 5.74) is 5.31.